The van der Waals surface area contributed by atoms with Crippen molar-refractivity contribution in [2.45, 2.75) is 23.1 Å². The van der Waals surface area contributed by atoms with Crippen molar-refractivity contribution < 1.29 is 4.79 Å². The van der Waals surface area contributed by atoms with E-state index in [-0.39, 0.29) is 5.91 Å². The maximum absolute atomic E-state index is 12.5. The molecule has 0 aliphatic heterocycles. The lowest BCUT2D eigenvalue weighted by Crippen LogP contribution is -2.24. The van der Waals surface area contributed by atoms with Crippen LogP contribution in [0.1, 0.15) is 35.1 Å². The van der Waals surface area contributed by atoms with E-state index in [1.165, 1.54) is 0 Å². The zero-order chi connectivity index (χ0) is 20.8. The molecular weight excluding hydrogens is 392 g/mol. The number of aromatic amines is 1. The van der Waals surface area contributed by atoms with Crippen LogP contribution in [0.25, 0.3) is 23.1 Å². The van der Waals surface area contributed by atoms with Crippen LogP contribution in [0.3, 0.4) is 0 Å². The predicted octanol–water partition coefficient (Wildman–Crippen LogP) is 5.42. The number of amides is 1. The minimum Gasteiger partial charge on any atom is -0.352 e. The molecule has 0 spiro atoms. The number of hydrogen-bond donors (Lipinski definition) is 2. The van der Waals surface area contributed by atoms with E-state index < -0.39 is 0 Å². The van der Waals surface area contributed by atoms with E-state index in [2.05, 4.69) is 38.7 Å². The third-order valence-electron chi connectivity index (χ3n) is 4.56. The van der Waals surface area contributed by atoms with Gasteiger partial charge in [0.15, 0.2) is 0 Å². The van der Waals surface area contributed by atoms with E-state index in [1.54, 1.807) is 18.0 Å². The van der Waals surface area contributed by atoms with Crippen LogP contribution in [0.15, 0.2) is 76.7 Å². The summed E-state index contributed by atoms with van der Waals surface area (Å²) in [4.78, 5) is 18.7. The average molecular weight is 415 g/mol. The highest BCUT2D eigenvalue weighted by Crippen LogP contribution is 2.32. The van der Waals surface area contributed by atoms with Gasteiger partial charge in [-0.1, -0.05) is 36.9 Å². The summed E-state index contributed by atoms with van der Waals surface area (Å²) in [5.41, 5.74) is 3.40. The van der Waals surface area contributed by atoms with Crippen molar-refractivity contribution >= 4 is 40.7 Å². The van der Waals surface area contributed by atoms with E-state index in [9.17, 15) is 4.79 Å². The first kappa shape index (κ1) is 19.9. The van der Waals surface area contributed by atoms with Gasteiger partial charge in [-0.05, 0) is 61.0 Å². The molecule has 4 rings (SSSR count). The van der Waals surface area contributed by atoms with Crippen LogP contribution >= 0.6 is 11.8 Å². The third-order valence-corrected chi connectivity index (χ3v) is 5.62. The fourth-order valence-electron chi connectivity index (χ4n) is 3.05. The first-order valence-electron chi connectivity index (χ1n) is 9.87. The molecule has 0 radical (unpaired) electrons. The topological polar surface area (TPSA) is 70.7 Å². The predicted molar refractivity (Wildman–Crippen MR) is 122 cm³/mol. The number of pyridine rings is 1. The minimum atomic E-state index is -0.0375. The number of hydrogen-bond acceptors (Lipinski definition) is 4. The second-order valence-corrected chi connectivity index (χ2v) is 7.87. The Balaban J connectivity index is 1.56. The maximum Gasteiger partial charge on any atom is 0.252 e. The largest absolute Gasteiger partial charge is 0.352 e. The Bertz CT molecular complexity index is 1180. The molecule has 0 aliphatic rings. The van der Waals surface area contributed by atoms with Gasteiger partial charge in [-0.3, -0.25) is 14.9 Å². The highest BCUT2D eigenvalue weighted by atomic mass is 32.2. The van der Waals surface area contributed by atoms with Gasteiger partial charge in [-0.25, -0.2) is 0 Å². The monoisotopic (exact) mass is 414 g/mol. The molecule has 2 N–H and O–H groups in total. The van der Waals surface area contributed by atoms with Gasteiger partial charge in [-0.2, -0.15) is 5.10 Å². The van der Waals surface area contributed by atoms with Crippen molar-refractivity contribution in [1.29, 1.82) is 0 Å². The van der Waals surface area contributed by atoms with Gasteiger partial charge in [0.2, 0.25) is 0 Å². The normalized spacial score (nSPS) is 11.2. The van der Waals surface area contributed by atoms with Gasteiger partial charge in [0.1, 0.15) is 0 Å². The van der Waals surface area contributed by atoms with Gasteiger partial charge in [-0.15, -0.1) is 0 Å². The highest BCUT2D eigenvalue weighted by molar-refractivity contribution is 7.99. The van der Waals surface area contributed by atoms with Crippen molar-refractivity contribution in [2.24, 2.45) is 0 Å². The highest BCUT2D eigenvalue weighted by Gasteiger charge is 2.12. The second-order valence-electron chi connectivity index (χ2n) is 6.76. The van der Waals surface area contributed by atoms with Crippen molar-refractivity contribution in [3.05, 3.63) is 83.8 Å². The Morgan fingerprint density at radius 1 is 1.10 bits per heavy atom. The summed E-state index contributed by atoms with van der Waals surface area (Å²) in [6.45, 7) is 2.72. The van der Waals surface area contributed by atoms with Crippen LogP contribution in [0.2, 0.25) is 0 Å². The summed E-state index contributed by atoms with van der Waals surface area (Å²) >= 11 is 1.57. The van der Waals surface area contributed by atoms with Gasteiger partial charge in [0, 0.05) is 27.9 Å². The molecule has 0 aliphatic carbocycles. The molecule has 6 heteroatoms. The molecule has 4 aromatic rings. The third kappa shape index (κ3) is 4.60. The summed E-state index contributed by atoms with van der Waals surface area (Å²) in [5, 5.41) is 11.5. The number of fused-ring (bicyclic) bond motifs is 1. The quantitative estimate of drug-likeness (QED) is 0.424. The molecule has 0 fully saturated rings. The van der Waals surface area contributed by atoms with E-state index in [0.29, 0.717) is 12.1 Å². The lowest BCUT2D eigenvalue weighted by atomic mass is 10.2. The SMILES string of the molecule is CCCNC(=O)c1ccccc1Sc1ccc2c(/C=C/c3ccccn3)n[nH]c2c1. The Labute approximate surface area is 179 Å². The van der Waals surface area contributed by atoms with Crippen molar-refractivity contribution in [3.8, 4) is 0 Å². The Kier molecular flexibility index (Phi) is 6.25. The fourth-order valence-corrected chi connectivity index (χ4v) is 4.04. The molecule has 0 bridgehead atoms. The zero-order valence-corrected chi connectivity index (χ0v) is 17.4. The number of rotatable bonds is 7. The van der Waals surface area contributed by atoms with Gasteiger partial charge >= 0.3 is 0 Å². The van der Waals surface area contributed by atoms with Crippen molar-refractivity contribution in [3.63, 3.8) is 0 Å². The summed E-state index contributed by atoms with van der Waals surface area (Å²) in [6.07, 6.45) is 6.59. The summed E-state index contributed by atoms with van der Waals surface area (Å²) in [5.74, 6) is -0.0375. The zero-order valence-electron chi connectivity index (χ0n) is 16.6. The fraction of sp³-hybridized carbons (Fsp3) is 0.125. The maximum atomic E-state index is 12.5. The van der Waals surface area contributed by atoms with Gasteiger partial charge < -0.3 is 5.32 Å². The summed E-state index contributed by atoms with van der Waals surface area (Å²) < 4.78 is 0. The lowest BCUT2D eigenvalue weighted by molar-refractivity contribution is 0.0950. The van der Waals surface area contributed by atoms with Crippen LogP contribution in [-0.2, 0) is 0 Å². The molecule has 0 saturated heterocycles. The van der Waals surface area contributed by atoms with E-state index in [0.717, 1.165) is 38.5 Å². The van der Waals surface area contributed by atoms with Crippen LogP contribution in [0, 0.1) is 0 Å². The summed E-state index contributed by atoms with van der Waals surface area (Å²) in [6, 6.07) is 19.7. The molecule has 150 valence electrons. The number of benzene rings is 2. The van der Waals surface area contributed by atoms with Crippen LogP contribution in [0.5, 0.6) is 0 Å². The minimum absolute atomic E-state index is 0.0375. The molecule has 2 aromatic heterocycles. The summed E-state index contributed by atoms with van der Waals surface area (Å²) in [7, 11) is 0. The van der Waals surface area contributed by atoms with Gasteiger partial charge in [0.05, 0.1) is 22.5 Å². The van der Waals surface area contributed by atoms with E-state index in [1.807, 2.05) is 61.5 Å². The number of nitrogens with zero attached hydrogens (tertiary/aromatic N) is 2. The first-order valence-corrected chi connectivity index (χ1v) is 10.7. The number of carbonyl (C=O) groups is 1. The molecule has 30 heavy (non-hydrogen) atoms. The Hall–Kier alpha value is -3.38. The van der Waals surface area contributed by atoms with Crippen LogP contribution in [-0.4, -0.2) is 27.6 Å². The van der Waals surface area contributed by atoms with Crippen molar-refractivity contribution in [1.82, 2.24) is 20.5 Å². The van der Waals surface area contributed by atoms with Crippen LogP contribution in [0.4, 0.5) is 0 Å². The van der Waals surface area contributed by atoms with Crippen molar-refractivity contribution in [2.75, 3.05) is 6.54 Å². The Morgan fingerprint density at radius 3 is 2.80 bits per heavy atom. The smallest absolute Gasteiger partial charge is 0.252 e. The number of aromatic nitrogens is 3. The average Bonchev–Trinajstić information content (AvgIpc) is 3.19. The molecule has 2 heterocycles. The Morgan fingerprint density at radius 2 is 1.97 bits per heavy atom. The van der Waals surface area contributed by atoms with E-state index >= 15 is 0 Å². The van der Waals surface area contributed by atoms with E-state index in [4.69, 9.17) is 0 Å². The molecule has 0 atom stereocenters. The molecule has 0 unspecified atom stereocenters. The lowest BCUT2D eigenvalue weighted by Gasteiger charge is -2.09. The molecule has 5 nitrogen and oxygen atoms in total. The van der Waals surface area contributed by atoms with Crippen LogP contribution < -0.4 is 5.32 Å². The molecule has 1 amide bonds. The number of nitrogens with one attached hydrogen (secondary N) is 2. The molecule has 2 aromatic carbocycles. The number of carbonyl (C=O) groups excluding carboxylic acids is 1. The number of H-pyrrole nitrogens is 1. The standard InChI is InChI=1S/C24H22N4OS/c1-2-14-26-24(29)20-8-3-4-9-23(20)30-18-11-12-19-21(27-28-22(19)16-18)13-10-17-7-5-6-15-25-17/h3-13,15-16H,2,14H2,1H3,(H,26,29)(H,27,28)/b13-10+. The first-order chi connectivity index (χ1) is 14.7. The molecular formula is C24H22N4OS. The second kappa shape index (κ2) is 9.41. The van der Waals surface area contributed by atoms with Gasteiger partial charge in [0.25, 0.3) is 5.91 Å². The molecule has 0 saturated carbocycles.